The summed E-state index contributed by atoms with van der Waals surface area (Å²) >= 11 is 0. The Balaban J connectivity index is 1.83. The van der Waals surface area contributed by atoms with Crippen molar-refractivity contribution < 1.29 is 14.6 Å². The van der Waals surface area contributed by atoms with Crippen LogP contribution in [0.25, 0.3) is 0 Å². The third-order valence-electron chi connectivity index (χ3n) is 3.91. The summed E-state index contributed by atoms with van der Waals surface area (Å²) in [5.41, 5.74) is 1.18. The van der Waals surface area contributed by atoms with Crippen molar-refractivity contribution in [2.75, 3.05) is 26.2 Å². The number of carbonyl (C=O) groups is 1. The second-order valence-electron chi connectivity index (χ2n) is 5.87. The second kappa shape index (κ2) is 8.15. The number of ether oxygens (including phenoxy) is 1. The lowest BCUT2D eigenvalue weighted by molar-refractivity contribution is -0.130. The molecule has 0 bridgehead atoms. The number of nitrogens with one attached hydrogen (secondary N) is 1. The number of hydrogen-bond acceptors (Lipinski definition) is 4. The molecule has 0 spiro atoms. The first-order valence-corrected chi connectivity index (χ1v) is 7.99. The van der Waals surface area contributed by atoms with Crippen molar-refractivity contribution in [1.82, 2.24) is 10.2 Å². The van der Waals surface area contributed by atoms with Crippen molar-refractivity contribution in [2.24, 2.45) is 0 Å². The van der Waals surface area contributed by atoms with Gasteiger partial charge in [-0.1, -0.05) is 31.0 Å². The molecule has 0 aliphatic carbocycles. The first-order chi connectivity index (χ1) is 10.6. The zero-order chi connectivity index (χ0) is 15.9. The lowest BCUT2D eigenvalue weighted by atomic mass is 10.1. The smallest absolute Gasteiger partial charge is 0.237 e. The average molecular weight is 306 g/mol. The van der Waals surface area contributed by atoms with Crippen LogP contribution in [0.4, 0.5) is 0 Å². The number of β-amino-alcohol motifs (C(OH)–C–C–N with tert-alkyl or cyclic N) is 1. The summed E-state index contributed by atoms with van der Waals surface area (Å²) in [6.07, 6.45) is 1.16. The molecule has 2 atom stereocenters. The van der Waals surface area contributed by atoms with E-state index in [-0.39, 0.29) is 18.6 Å². The normalized spacial score (nSPS) is 20.5. The zero-order valence-electron chi connectivity index (χ0n) is 13.4. The number of piperazine rings is 1. The number of carbonyl (C=O) groups excluding carboxylic acids is 1. The summed E-state index contributed by atoms with van der Waals surface area (Å²) in [4.78, 5) is 14.0. The Labute approximate surface area is 132 Å². The second-order valence-corrected chi connectivity index (χ2v) is 5.87. The number of aryl methyl sites for hydroxylation is 1. The van der Waals surface area contributed by atoms with Gasteiger partial charge in [-0.2, -0.15) is 0 Å². The molecular weight excluding hydrogens is 280 g/mol. The fraction of sp³-hybridized carbons (Fsp3) is 0.588. The van der Waals surface area contributed by atoms with Gasteiger partial charge in [0.15, 0.2) is 0 Å². The van der Waals surface area contributed by atoms with Crippen LogP contribution in [0.3, 0.4) is 0 Å². The van der Waals surface area contributed by atoms with Crippen LogP contribution in [0.2, 0.25) is 0 Å². The summed E-state index contributed by atoms with van der Waals surface area (Å²) in [5, 5.41) is 13.1. The molecular formula is C17H26N2O3. The van der Waals surface area contributed by atoms with Crippen LogP contribution in [0.5, 0.6) is 5.75 Å². The van der Waals surface area contributed by atoms with Crippen LogP contribution < -0.4 is 10.1 Å². The van der Waals surface area contributed by atoms with Crippen LogP contribution >= 0.6 is 0 Å². The number of nitrogens with zero attached hydrogens (tertiary/aromatic N) is 1. The topological polar surface area (TPSA) is 61.8 Å². The third kappa shape index (κ3) is 4.71. The van der Waals surface area contributed by atoms with E-state index >= 15 is 0 Å². The van der Waals surface area contributed by atoms with E-state index in [4.69, 9.17) is 4.74 Å². The largest absolute Gasteiger partial charge is 0.491 e. The number of hydrogen-bond donors (Lipinski definition) is 2. The van der Waals surface area contributed by atoms with Crippen LogP contribution in [-0.2, 0) is 4.79 Å². The summed E-state index contributed by atoms with van der Waals surface area (Å²) in [6, 6.07) is 7.63. The maximum atomic E-state index is 11.9. The molecule has 1 aromatic carbocycles. The van der Waals surface area contributed by atoms with Crippen LogP contribution in [0.15, 0.2) is 24.3 Å². The molecule has 1 aliphatic heterocycles. The summed E-state index contributed by atoms with van der Waals surface area (Å²) in [5.74, 6) is 0.825. The Hall–Kier alpha value is -1.59. The van der Waals surface area contributed by atoms with Crippen LogP contribution in [0, 0.1) is 6.92 Å². The quantitative estimate of drug-likeness (QED) is 0.798. The van der Waals surface area contributed by atoms with E-state index in [0.29, 0.717) is 13.1 Å². The molecule has 0 aromatic heterocycles. The first kappa shape index (κ1) is 16.8. The predicted octanol–water partition coefficient (Wildman–Crippen LogP) is 1.34. The van der Waals surface area contributed by atoms with E-state index < -0.39 is 6.10 Å². The molecule has 1 aromatic rings. The number of rotatable bonds is 7. The number of aliphatic hydroxyl groups is 1. The van der Waals surface area contributed by atoms with E-state index in [0.717, 1.165) is 25.1 Å². The highest BCUT2D eigenvalue weighted by Crippen LogP contribution is 2.14. The Morgan fingerprint density at radius 1 is 1.41 bits per heavy atom. The Kier molecular flexibility index (Phi) is 6.21. The zero-order valence-corrected chi connectivity index (χ0v) is 13.4. The fourth-order valence-corrected chi connectivity index (χ4v) is 2.72. The van der Waals surface area contributed by atoms with Gasteiger partial charge < -0.3 is 15.2 Å². The molecule has 22 heavy (non-hydrogen) atoms. The number of benzene rings is 1. The van der Waals surface area contributed by atoms with E-state index in [1.54, 1.807) is 0 Å². The highest BCUT2D eigenvalue weighted by atomic mass is 16.5. The van der Waals surface area contributed by atoms with Gasteiger partial charge in [0.1, 0.15) is 18.5 Å². The molecule has 5 heteroatoms. The van der Waals surface area contributed by atoms with Gasteiger partial charge in [-0.25, -0.2) is 0 Å². The Morgan fingerprint density at radius 3 is 2.82 bits per heavy atom. The van der Waals surface area contributed by atoms with Gasteiger partial charge in [-0.05, 0) is 25.5 Å². The van der Waals surface area contributed by atoms with Crippen molar-refractivity contribution in [3.8, 4) is 5.75 Å². The molecule has 5 nitrogen and oxygen atoms in total. The van der Waals surface area contributed by atoms with E-state index in [1.165, 1.54) is 5.56 Å². The standard InChI is InChI=1S/C17H26N2O3/c1-3-4-16-17(21)18-9-10-19(16)11-14(20)12-22-15-7-5-13(2)6-8-15/h5-8,14,16,20H,3-4,9-12H2,1-2H3,(H,18,21). The molecule has 2 N–H and O–H groups in total. The Morgan fingerprint density at radius 2 is 2.14 bits per heavy atom. The predicted molar refractivity (Wildman–Crippen MR) is 86.0 cm³/mol. The summed E-state index contributed by atoms with van der Waals surface area (Å²) in [6.45, 7) is 6.21. The molecule has 1 saturated heterocycles. The van der Waals surface area contributed by atoms with Crippen molar-refractivity contribution in [1.29, 1.82) is 0 Å². The fourth-order valence-electron chi connectivity index (χ4n) is 2.72. The minimum atomic E-state index is -0.605. The molecule has 0 saturated carbocycles. The molecule has 122 valence electrons. The lowest BCUT2D eigenvalue weighted by Gasteiger charge is -2.36. The molecule has 1 amide bonds. The monoisotopic (exact) mass is 306 g/mol. The van der Waals surface area contributed by atoms with Gasteiger partial charge in [0.25, 0.3) is 0 Å². The van der Waals surface area contributed by atoms with E-state index in [2.05, 4.69) is 17.1 Å². The van der Waals surface area contributed by atoms with Crippen LogP contribution in [0.1, 0.15) is 25.3 Å². The number of aliphatic hydroxyl groups excluding tert-OH is 1. The van der Waals surface area contributed by atoms with Crippen molar-refractivity contribution in [3.63, 3.8) is 0 Å². The molecule has 1 fully saturated rings. The van der Waals surface area contributed by atoms with Gasteiger partial charge in [0, 0.05) is 19.6 Å². The van der Waals surface area contributed by atoms with Gasteiger partial charge in [0.05, 0.1) is 6.04 Å². The van der Waals surface area contributed by atoms with E-state index in [9.17, 15) is 9.90 Å². The van der Waals surface area contributed by atoms with E-state index in [1.807, 2.05) is 31.2 Å². The maximum Gasteiger partial charge on any atom is 0.237 e. The molecule has 2 rings (SSSR count). The Bertz CT molecular complexity index is 475. The minimum absolute atomic E-state index is 0.0692. The highest BCUT2D eigenvalue weighted by molar-refractivity contribution is 5.82. The average Bonchev–Trinajstić information content (AvgIpc) is 2.50. The summed E-state index contributed by atoms with van der Waals surface area (Å²) in [7, 11) is 0. The van der Waals surface area contributed by atoms with Gasteiger partial charge in [-0.3, -0.25) is 9.69 Å². The molecule has 1 aliphatic rings. The maximum absolute atomic E-state index is 11.9. The lowest BCUT2D eigenvalue weighted by Crippen LogP contribution is -2.57. The van der Waals surface area contributed by atoms with Gasteiger partial charge in [-0.15, -0.1) is 0 Å². The molecule has 2 unspecified atom stereocenters. The SMILES string of the molecule is CCCC1C(=O)NCCN1CC(O)COc1ccc(C)cc1. The summed E-state index contributed by atoms with van der Waals surface area (Å²) < 4.78 is 5.61. The van der Waals surface area contributed by atoms with Crippen molar-refractivity contribution in [3.05, 3.63) is 29.8 Å². The first-order valence-electron chi connectivity index (χ1n) is 7.99. The van der Waals surface area contributed by atoms with Crippen LogP contribution in [-0.4, -0.2) is 54.3 Å². The van der Waals surface area contributed by atoms with Gasteiger partial charge in [0.2, 0.25) is 5.91 Å². The highest BCUT2D eigenvalue weighted by Gasteiger charge is 2.29. The minimum Gasteiger partial charge on any atom is -0.491 e. The van der Waals surface area contributed by atoms with Crippen molar-refractivity contribution in [2.45, 2.75) is 38.8 Å². The van der Waals surface area contributed by atoms with Gasteiger partial charge >= 0.3 is 0 Å². The molecule has 1 heterocycles. The third-order valence-corrected chi connectivity index (χ3v) is 3.91. The molecule has 0 radical (unpaired) electrons. The van der Waals surface area contributed by atoms with Crippen molar-refractivity contribution >= 4 is 5.91 Å². The number of amides is 1.